The fraction of sp³-hybridized carbons (Fsp3) is 0.714. The van der Waals surface area contributed by atoms with E-state index in [-0.39, 0.29) is 37.6 Å². The molecule has 0 bridgehead atoms. The average Bonchev–Trinajstić information content (AvgIpc) is 3.30. The van der Waals surface area contributed by atoms with E-state index >= 15 is 0 Å². The summed E-state index contributed by atoms with van der Waals surface area (Å²) >= 11 is 0. The molecule has 2 aromatic rings. The van der Waals surface area contributed by atoms with Gasteiger partial charge in [0, 0.05) is 18.0 Å². The fourth-order valence-corrected chi connectivity index (χ4v) is 5.91. The van der Waals surface area contributed by atoms with Crippen molar-refractivity contribution in [2.75, 3.05) is 13.2 Å². The minimum atomic E-state index is -1.46. The molecule has 2 aromatic heterocycles. The molecule has 0 spiro atoms. The maximum Gasteiger partial charge on any atom is 0.259 e. The zero-order chi connectivity index (χ0) is 23.4. The van der Waals surface area contributed by atoms with E-state index in [4.69, 9.17) is 19.0 Å². The van der Waals surface area contributed by atoms with Gasteiger partial charge in [-0.15, -0.1) is 0 Å². The molecule has 0 saturated carbocycles. The van der Waals surface area contributed by atoms with Gasteiger partial charge in [0.2, 0.25) is 0 Å². The molecule has 1 aliphatic heterocycles. The standard InChI is InChI=1S/C21H33N6O4P.Rf/c1-13(2)27(14(3)4)32(29-9-7-8-22)31-19-15(5)21(30-17(19)10-28)26-12-25-18-16(6)23-11-24-20(18)26;/h11-15,17,19,21,28H,7,9-10H2,1-6H3;/t15-,17+,19?,21+,32?;/m0./s1. The van der Waals surface area contributed by atoms with E-state index < -0.39 is 27.0 Å². The zero-order valence-corrected chi connectivity index (χ0v) is 27.5. The van der Waals surface area contributed by atoms with Crippen LogP contribution in [-0.4, -0.2) is 66.8 Å². The summed E-state index contributed by atoms with van der Waals surface area (Å²) in [4.78, 5) is 13.0. The number of fused-ring (bicyclic) bond motifs is 1. The Morgan fingerprint density at radius 1 is 1.27 bits per heavy atom. The molecule has 2 unspecified atom stereocenters. The van der Waals surface area contributed by atoms with Gasteiger partial charge < -0.3 is 18.9 Å². The van der Waals surface area contributed by atoms with Crippen LogP contribution >= 0.6 is 8.53 Å². The first-order chi connectivity index (χ1) is 15.3. The number of ether oxygens (including phenoxy) is 1. The van der Waals surface area contributed by atoms with E-state index in [2.05, 4.69) is 53.4 Å². The Kier molecular flexibility index (Phi) is 9.17. The molecule has 33 heavy (non-hydrogen) atoms. The second kappa shape index (κ2) is 11.4. The second-order valence-corrected chi connectivity index (χ2v) is 9.91. The van der Waals surface area contributed by atoms with Gasteiger partial charge in [-0.1, -0.05) is 6.92 Å². The van der Waals surface area contributed by atoms with Crippen molar-refractivity contribution < 1.29 is 18.9 Å². The van der Waals surface area contributed by atoms with E-state index in [1.54, 1.807) is 6.33 Å². The quantitative estimate of drug-likeness (QED) is 0.290. The van der Waals surface area contributed by atoms with Crippen LogP contribution < -0.4 is 0 Å². The van der Waals surface area contributed by atoms with Crippen LogP contribution in [0.5, 0.6) is 0 Å². The molecule has 1 aliphatic rings. The van der Waals surface area contributed by atoms with Crippen LogP contribution in [0.4, 0.5) is 0 Å². The van der Waals surface area contributed by atoms with Crippen LogP contribution in [0, 0.1) is 24.2 Å². The predicted octanol–water partition coefficient (Wildman–Crippen LogP) is 3.32. The SMILES string of the molecule is Cc1ncnc2c1ncn2[C@@H]1O[C@H](CO)C(OP(OCCC#N)N(C(C)C)C(C)C)[C@@H]1C.[Rf]. The molecule has 0 radical (unpaired) electrons. The number of nitrogens with zero attached hydrogens (tertiary/aromatic N) is 6. The molecule has 1 N–H and O–H groups in total. The van der Waals surface area contributed by atoms with Crippen molar-refractivity contribution in [2.24, 2.45) is 5.92 Å². The molecule has 10 nitrogen and oxygen atoms in total. The monoisotopic (exact) mass is 731 g/mol. The van der Waals surface area contributed by atoms with Crippen LogP contribution in [0.1, 0.15) is 53.0 Å². The Bertz CT molecular complexity index is 931. The maximum absolute atomic E-state index is 10.1. The summed E-state index contributed by atoms with van der Waals surface area (Å²) in [6.07, 6.45) is 2.16. The Balaban J connectivity index is 0.00000385. The molecule has 0 amide bonds. The van der Waals surface area contributed by atoms with E-state index in [0.717, 1.165) is 11.2 Å². The topological polar surface area (TPSA) is 119 Å². The fourth-order valence-electron chi connectivity index (χ4n) is 4.06. The Labute approximate surface area is 190 Å². The maximum atomic E-state index is 10.1. The molecular weight excluding hydrogens is 698 g/mol. The molecule has 1 saturated heterocycles. The van der Waals surface area contributed by atoms with Crippen LogP contribution in [0.3, 0.4) is 0 Å². The molecule has 5 atom stereocenters. The molecule has 3 heterocycles. The normalized spacial score (nSPS) is 23.9. The van der Waals surface area contributed by atoms with Crippen molar-refractivity contribution in [3.8, 4) is 6.07 Å². The summed E-state index contributed by atoms with van der Waals surface area (Å²) in [5.41, 5.74) is 2.20. The van der Waals surface area contributed by atoms with E-state index in [1.165, 1.54) is 6.33 Å². The van der Waals surface area contributed by atoms with Gasteiger partial charge in [-0.05, 0) is 34.6 Å². The largest absolute Gasteiger partial charge is 0.394 e. The summed E-state index contributed by atoms with van der Waals surface area (Å²) in [5.74, 6) is -0.106. The zero-order valence-electron chi connectivity index (χ0n) is 20.2. The van der Waals surface area contributed by atoms with E-state index in [1.807, 2.05) is 18.4 Å². The van der Waals surface area contributed by atoms with E-state index in [9.17, 15) is 5.11 Å². The number of nitriles is 1. The van der Waals surface area contributed by atoms with Crippen molar-refractivity contribution in [3.63, 3.8) is 0 Å². The first kappa shape index (κ1) is 26.5. The van der Waals surface area contributed by atoms with Crippen molar-refractivity contribution >= 4 is 19.7 Å². The third-order valence-corrected chi connectivity index (χ3v) is 7.65. The predicted molar refractivity (Wildman–Crippen MR) is 120 cm³/mol. The van der Waals surface area contributed by atoms with Crippen LogP contribution in [-0.2, 0) is 13.8 Å². The second-order valence-electron chi connectivity index (χ2n) is 8.51. The van der Waals surface area contributed by atoms with Crippen LogP contribution in [0.25, 0.3) is 11.2 Å². The number of aliphatic hydroxyl groups is 1. The first-order valence-corrected chi connectivity index (χ1v) is 12.1. The number of imidazole rings is 1. The van der Waals surface area contributed by atoms with Crippen molar-refractivity contribution in [1.82, 2.24) is 24.2 Å². The number of hydrogen-bond acceptors (Lipinski definition) is 9. The van der Waals surface area contributed by atoms with Gasteiger partial charge in [0.1, 0.15) is 30.3 Å². The minimum Gasteiger partial charge on any atom is -0.394 e. The van der Waals surface area contributed by atoms with Crippen molar-refractivity contribution in [1.29, 1.82) is 5.26 Å². The molecule has 3 rings (SSSR count). The van der Waals surface area contributed by atoms with Gasteiger partial charge in [-0.25, -0.2) is 19.6 Å². The van der Waals surface area contributed by atoms with Gasteiger partial charge in [-0.2, -0.15) is 5.26 Å². The van der Waals surface area contributed by atoms with Crippen molar-refractivity contribution in [3.05, 3.63) is 18.3 Å². The third-order valence-electron chi connectivity index (χ3n) is 5.52. The Hall–Kier alpha value is -2.73. The first-order valence-electron chi connectivity index (χ1n) is 11.0. The van der Waals surface area contributed by atoms with Gasteiger partial charge in [0.05, 0.1) is 37.7 Å². The minimum absolute atomic E-state index is 0. The number of aliphatic hydroxyl groups excluding tert-OH is 1. The summed E-state index contributed by atoms with van der Waals surface area (Å²) in [5, 5.41) is 19.0. The molecule has 0 aliphatic carbocycles. The summed E-state index contributed by atoms with van der Waals surface area (Å²) in [6, 6.07) is 2.48. The molecule has 0 aromatic carbocycles. The van der Waals surface area contributed by atoms with Crippen LogP contribution in [0.15, 0.2) is 12.7 Å². The van der Waals surface area contributed by atoms with Crippen molar-refractivity contribution in [2.45, 2.75) is 78.5 Å². The molecule has 1 fully saturated rings. The molecular formula is C21H33N6O4PRf. The summed E-state index contributed by atoms with van der Waals surface area (Å²) in [7, 11) is -1.46. The van der Waals surface area contributed by atoms with Gasteiger partial charge >= 0.3 is 0 Å². The third kappa shape index (κ3) is 5.44. The number of aryl methyl sites for hydroxylation is 1. The van der Waals surface area contributed by atoms with Gasteiger partial charge in [-0.3, -0.25) is 4.57 Å². The molecule has 12 heteroatoms. The average molecular weight is 732 g/mol. The number of hydrogen-bond donors (Lipinski definition) is 1. The smallest absolute Gasteiger partial charge is 0.259 e. The Morgan fingerprint density at radius 2 is 1.97 bits per heavy atom. The molecule has 178 valence electrons. The van der Waals surface area contributed by atoms with E-state index in [0.29, 0.717) is 5.65 Å². The number of rotatable bonds is 10. The van der Waals surface area contributed by atoms with Crippen LogP contribution in [0.2, 0.25) is 0 Å². The summed E-state index contributed by atoms with van der Waals surface area (Å²) < 4.78 is 22.9. The van der Waals surface area contributed by atoms with Gasteiger partial charge in [0.25, 0.3) is 8.53 Å². The Morgan fingerprint density at radius 3 is 2.58 bits per heavy atom. The van der Waals surface area contributed by atoms with Gasteiger partial charge in [0.15, 0.2) is 5.65 Å². The number of aromatic nitrogens is 4. The summed E-state index contributed by atoms with van der Waals surface area (Å²) in [6.45, 7) is 12.4.